The van der Waals surface area contributed by atoms with Crippen molar-refractivity contribution in [3.8, 4) is 0 Å². The maximum atomic E-state index is 11.2. The largest absolute Gasteiger partial charge is 0.481 e. The Kier molecular flexibility index (Phi) is 6.42. The minimum atomic E-state index is -1.84. The van der Waals surface area contributed by atoms with E-state index in [0.717, 1.165) is 12.6 Å². The van der Waals surface area contributed by atoms with Gasteiger partial charge in [-0.15, -0.1) is 0 Å². The van der Waals surface area contributed by atoms with Gasteiger partial charge in [-0.2, -0.15) is 0 Å². The number of rotatable bonds is 8. The molecule has 0 saturated heterocycles. The molecule has 3 aromatic rings. The van der Waals surface area contributed by atoms with Crippen molar-refractivity contribution in [2.24, 2.45) is 5.92 Å². The fraction of sp³-hybridized carbons (Fsp3) is 0.208. The average Bonchev–Trinajstić information content (AvgIpc) is 2.70. The van der Waals surface area contributed by atoms with E-state index < -0.39 is 13.2 Å². The summed E-state index contributed by atoms with van der Waals surface area (Å²) in [5, 5.41) is 13.2. The van der Waals surface area contributed by atoms with Crippen LogP contribution in [0.25, 0.3) is 0 Å². The average molecular weight is 377 g/mol. The van der Waals surface area contributed by atoms with Crippen LogP contribution in [-0.4, -0.2) is 17.2 Å². The lowest BCUT2D eigenvalue weighted by atomic mass is 10.1. The Morgan fingerprint density at radius 1 is 0.778 bits per heavy atom. The zero-order chi connectivity index (χ0) is 19.1. The Balaban J connectivity index is 2.12. The molecule has 0 spiro atoms. The van der Waals surface area contributed by atoms with Gasteiger partial charge in [0.1, 0.15) is 23.2 Å². The molecule has 3 rings (SSSR count). The van der Waals surface area contributed by atoms with Gasteiger partial charge in [-0.05, 0) is 48.7 Å². The van der Waals surface area contributed by atoms with Crippen molar-refractivity contribution in [3.05, 3.63) is 91.0 Å². The summed E-state index contributed by atoms with van der Waals surface area (Å²) in [6.45, 7) is 2.05. The number of hydrogen-bond donors (Lipinski definition) is 1. The van der Waals surface area contributed by atoms with Crippen LogP contribution in [0, 0.1) is 5.92 Å². The molecule has 138 valence electrons. The number of carboxylic acids is 1. The third kappa shape index (κ3) is 4.46. The van der Waals surface area contributed by atoms with Crippen LogP contribution < -0.4 is 15.9 Å². The lowest BCUT2D eigenvalue weighted by molar-refractivity contribution is -0.137. The second kappa shape index (κ2) is 8.97. The third-order valence-corrected chi connectivity index (χ3v) is 9.54. The van der Waals surface area contributed by atoms with Crippen LogP contribution in [-0.2, 0) is 4.79 Å². The van der Waals surface area contributed by atoms with Crippen molar-refractivity contribution in [2.45, 2.75) is 19.8 Å². The van der Waals surface area contributed by atoms with E-state index in [1.54, 1.807) is 0 Å². The third-order valence-electron chi connectivity index (χ3n) is 5.07. The van der Waals surface area contributed by atoms with Gasteiger partial charge in [0.15, 0.2) is 0 Å². The van der Waals surface area contributed by atoms with Gasteiger partial charge < -0.3 is 5.11 Å². The summed E-state index contributed by atoms with van der Waals surface area (Å²) >= 11 is 0. The molecule has 0 bridgehead atoms. The predicted octanol–water partition coefficient (Wildman–Crippen LogP) is 4.48. The summed E-state index contributed by atoms with van der Waals surface area (Å²) in [6.07, 6.45) is 2.08. The summed E-state index contributed by atoms with van der Waals surface area (Å²) in [5.74, 6) is -0.566. The van der Waals surface area contributed by atoms with Gasteiger partial charge in [-0.3, -0.25) is 4.79 Å². The van der Waals surface area contributed by atoms with E-state index in [-0.39, 0.29) is 12.3 Å². The maximum Gasteiger partial charge on any atom is 0.303 e. The Labute approximate surface area is 162 Å². The molecule has 3 aromatic carbocycles. The van der Waals surface area contributed by atoms with E-state index in [1.165, 1.54) is 15.9 Å². The minimum absolute atomic E-state index is 0.151. The summed E-state index contributed by atoms with van der Waals surface area (Å²) in [7, 11) is -1.84. The highest BCUT2D eigenvalue weighted by Crippen LogP contribution is 2.56. The Bertz CT molecular complexity index is 751. The molecule has 0 aliphatic heterocycles. The molecule has 0 fully saturated rings. The van der Waals surface area contributed by atoms with Crippen LogP contribution in [0.5, 0.6) is 0 Å². The fourth-order valence-electron chi connectivity index (χ4n) is 3.70. The molecule has 0 radical (unpaired) electrons. The quantitative estimate of drug-likeness (QED) is 0.588. The van der Waals surface area contributed by atoms with Gasteiger partial charge in [0.25, 0.3) is 0 Å². The Morgan fingerprint density at radius 3 is 1.48 bits per heavy atom. The number of carboxylic acid groups (broad SMARTS) is 1. The van der Waals surface area contributed by atoms with Crippen molar-refractivity contribution in [3.63, 3.8) is 0 Å². The fourth-order valence-corrected chi connectivity index (χ4v) is 8.24. The SMILES string of the molecule is CC(CC[P+](c1ccccc1)(c1ccccc1)c1ccccc1)CC(=O)O. The zero-order valence-corrected chi connectivity index (χ0v) is 16.6. The smallest absolute Gasteiger partial charge is 0.303 e. The topological polar surface area (TPSA) is 37.3 Å². The van der Waals surface area contributed by atoms with Crippen molar-refractivity contribution >= 4 is 29.1 Å². The molecular weight excluding hydrogens is 351 g/mol. The highest BCUT2D eigenvalue weighted by atomic mass is 31.2. The van der Waals surface area contributed by atoms with Crippen molar-refractivity contribution in [1.29, 1.82) is 0 Å². The Hall–Kier alpha value is -2.44. The van der Waals surface area contributed by atoms with E-state index in [9.17, 15) is 9.90 Å². The van der Waals surface area contributed by atoms with E-state index in [2.05, 4.69) is 91.0 Å². The van der Waals surface area contributed by atoms with Crippen LogP contribution in [0.15, 0.2) is 91.0 Å². The maximum absolute atomic E-state index is 11.2. The number of aliphatic carboxylic acids is 1. The molecule has 2 nitrogen and oxygen atoms in total. The van der Waals surface area contributed by atoms with Gasteiger partial charge in [-0.25, -0.2) is 0 Å². The van der Waals surface area contributed by atoms with Crippen molar-refractivity contribution in [2.75, 3.05) is 6.16 Å². The molecule has 1 N–H and O–H groups in total. The molecule has 0 aliphatic carbocycles. The molecule has 3 heteroatoms. The lowest BCUT2D eigenvalue weighted by Crippen LogP contribution is -2.34. The van der Waals surface area contributed by atoms with Gasteiger partial charge >= 0.3 is 5.97 Å². The molecule has 1 atom stereocenters. The van der Waals surface area contributed by atoms with Crippen molar-refractivity contribution < 1.29 is 9.90 Å². The molecular formula is C24H26O2P+. The molecule has 1 unspecified atom stereocenters. The van der Waals surface area contributed by atoms with Gasteiger partial charge in [0.2, 0.25) is 0 Å². The Morgan fingerprint density at radius 2 is 1.15 bits per heavy atom. The van der Waals surface area contributed by atoms with Crippen molar-refractivity contribution in [1.82, 2.24) is 0 Å². The zero-order valence-electron chi connectivity index (χ0n) is 15.7. The summed E-state index contributed by atoms with van der Waals surface area (Å²) in [6, 6.07) is 32.2. The molecule has 0 heterocycles. The first-order valence-corrected chi connectivity index (χ1v) is 11.4. The number of carbonyl (C=O) groups is 1. The second-order valence-electron chi connectivity index (χ2n) is 7.03. The predicted molar refractivity (Wildman–Crippen MR) is 116 cm³/mol. The first kappa shape index (κ1) is 19.3. The van der Waals surface area contributed by atoms with Gasteiger partial charge in [-0.1, -0.05) is 61.5 Å². The highest BCUT2D eigenvalue weighted by molar-refractivity contribution is 7.95. The van der Waals surface area contributed by atoms with Crippen LogP contribution in [0.3, 0.4) is 0 Å². The first-order valence-electron chi connectivity index (χ1n) is 9.39. The van der Waals surface area contributed by atoms with E-state index >= 15 is 0 Å². The molecule has 0 aliphatic rings. The number of benzene rings is 3. The molecule has 0 aromatic heterocycles. The molecule has 0 saturated carbocycles. The minimum Gasteiger partial charge on any atom is -0.481 e. The van der Waals surface area contributed by atoms with Crippen LogP contribution in [0.2, 0.25) is 0 Å². The molecule has 27 heavy (non-hydrogen) atoms. The van der Waals surface area contributed by atoms with Crippen LogP contribution in [0.4, 0.5) is 0 Å². The lowest BCUT2D eigenvalue weighted by Gasteiger charge is -2.28. The summed E-state index contributed by atoms with van der Waals surface area (Å²) in [4.78, 5) is 11.2. The normalized spacial score (nSPS) is 12.5. The van der Waals surface area contributed by atoms with Gasteiger partial charge in [0.05, 0.1) is 6.16 Å². The summed E-state index contributed by atoms with van der Waals surface area (Å²) < 4.78 is 0. The van der Waals surface area contributed by atoms with E-state index in [1.807, 2.05) is 6.92 Å². The standard InChI is InChI=1S/C24H25O2P/c1-20(19-24(25)26)17-18-27(21-11-5-2-6-12-21,22-13-7-3-8-14-22)23-15-9-4-10-16-23/h2-16,20H,17-19H2,1H3/p+1. The second-order valence-corrected chi connectivity index (χ2v) is 10.6. The van der Waals surface area contributed by atoms with E-state index in [4.69, 9.17) is 0 Å². The van der Waals surface area contributed by atoms with Gasteiger partial charge in [0, 0.05) is 6.42 Å². The van der Waals surface area contributed by atoms with E-state index in [0.29, 0.717) is 0 Å². The first-order chi connectivity index (χ1) is 13.1. The molecule has 0 amide bonds. The summed E-state index contributed by atoms with van der Waals surface area (Å²) in [5.41, 5.74) is 0. The monoisotopic (exact) mass is 377 g/mol. The van der Waals surface area contributed by atoms with Crippen LogP contribution in [0.1, 0.15) is 19.8 Å². The highest BCUT2D eigenvalue weighted by Gasteiger charge is 2.44. The van der Waals surface area contributed by atoms with Crippen LogP contribution >= 0.6 is 7.26 Å². The number of hydrogen-bond acceptors (Lipinski definition) is 1.